The Kier molecular flexibility index (Phi) is 25.8. The first-order valence-corrected chi connectivity index (χ1v) is 35.1. The van der Waals surface area contributed by atoms with Gasteiger partial charge < -0.3 is 73.5 Å². The van der Waals surface area contributed by atoms with Crippen molar-refractivity contribution in [2.24, 2.45) is 10.9 Å². The van der Waals surface area contributed by atoms with Gasteiger partial charge in [0.2, 0.25) is 23.6 Å². The third-order valence-corrected chi connectivity index (χ3v) is 18.3. The molecule has 0 saturated carbocycles. The standard InChI is InChI=1S/C78H85N9O20/c1-47(2)72(83-69(89)22-25-101-27-29-103-31-32-104-30-28-102-26-23-79-68(88)21-24-84-70(90)19-20-71(84)91)74(93)81-48(3)73(92)82-55-17-15-49(16-18-55)44-107-78(97)85-43-57-37-53-12-8-10-14-62(53)87(57)76(95)59-39-65(99-5)67(41-63(59)85)106-46-51-33-50(34-54(35-51)77(96)100-6)45-105-66-40-60-58(38-64(66)98-4)75(94)86-56(42-80-60)36-52-11-7-9-13-61(52)86/h7-20,33-35,38-42,47-48,56-57,72H,21-32,36-37,43-46H2,1-6H3,(H,79,88)(H,81,93)(H,82,92)(H,83,89)/t48?,56-,57-,72?/m0/s1. The molecule has 5 aliphatic heterocycles. The zero-order chi connectivity index (χ0) is 75.7. The van der Waals surface area contributed by atoms with E-state index in [1.807, 2.05) is 48.5 Å². The monoisotopic (exact) mass is 1470 g/mol. The number of imide groups is 1. The highest BCUT2D eigenvalue weighted by Gasteiger charge is 2.43. The van der Waals surface area contributed by atoms with Crippen molar-refractivity contribution in [1.29, 1.82) is 0 Å². The van der Waals surface area contributed by atoms with Gasteiger partial charge in [0.25, 0.3) is 23.6 Å². The molecule has 5 aliphatic rings. The fraction of sp³-hybridized carbons (Fsp3) is 0.372. The maximum Gasteiger partial charge on any atom is 0.414 e. The van der Waals surface area contributed by atoms with Gasteiger partial charge >= 0.3 is 12.1 Å². The van der Waals surface area contributed by atoms with Crippen LogP contribution in [-0.2, 0) is 89.9 Å². The molecule has 9 amide bonds. The number of hydrogen-bond acceptors (Lipinski definition) is 21. The number of fused-ring (bicyclic) bond motifs is 8. The summed E-state index contributed by atoms with van der Waals surface area (Å²) < 4.78 is 57.6. The average Bonchev–Trinajstić information content (AvgIpc) is 1.61. The number of amides is 9. The van der Waals surface area contributed by atoms with Gasteiger partial charge in [0, 0.05) is 79.9 Å². The van der Waals surface area contributed by atoms with Gasteiger partial charge in [-0.15, -0.1) is 0 Å². The normalized spacial score (nSPS) is 15.8. The Hall–Kier alpha value is -11.5. The second-order valence-corrected chi connectivity index (χ2v) is 26.0. The molecule has 0 aliphatic carbocycles. The highest BCUT2D eigenvalue weighted by molar-refractivity contribution is 6.16. The number of esters is 1. The van der Waals surface area contributed by atoms with Gasteiger partial charge in [0.1, 0.15) is 31.9 Å². The summed E-state index contributed by atoms with van der Waals surface area (Å²) >= 11 is 0. The number of rotatable bonds is 35. The fourth-order valence-corrected chi connectivity index (χ4v) is 12.8. The molecule has 0 aromatic heterocycles. The Bertz CT molecular complexity index is 4370. The third-order valence-electron chi connectivity index (χ3n) is 18.3. The van der Waals surface area contributed by atoms with E-state index in [0.29, 0.717) is 90.1 Å². The molecule has 4 N–H and O–H groups in total. The van der Waals surface area contributed by atoms with Crippen molar-refractivity contribution in [3.8, 4) is 23.0 Å². The van der Waals surface area contributed by atoms with Crippen molar-refractivity contribution in [3.63, 3.8) is 0 Å². The van der Waals surface area contributed by atoms with Crippen LogP contribution in [0, 0.1) is 5.92 Å². The third kappa shape index (κ3) is 18.9. The molecule has 0 bridgehead atoms. The summed E-state index contributed by atoms with van der Waals surface area (Å²) in [5.74, 6) is -3.27. The van der Waals surface area contributed by atoms with Crippen LogP contribution in [0.2, 0.25) is 0 Å². The lowest BCUT2D eigenvalue weighted by molar-refractivity contribution is -0.137. The quantitative estimate of drug-likeness (QED) is 0.0174. The first-order chi connectivity index (χ1) is 51.8. The molecule has 0 fully saturated rings. The molecular weight excluding hydrogens is 1380 g/mol. The molecule has 6 aromatic carbocycles. The van der Waals surface area contributed by atoms with Gasteiger partial charge in [-0.2, -0.15) is 0 Å². The molecule has 0 radical (unpaired) electrons. The summed E-state index contributed by atoms with van der Waals surface area (Å²) in [6, 6.07) is 30.6. The molecule has 29 heteroatoms. The second-order valence-electron chi connectivity index (χ2n) is 26.0. The molecule has 11 rings (SSSR count). The van der Waals surface area contributed by atoms with Crippen molar-refractivity contribution in [2.75, 3.05) is 114 Å². The van der Waals surface area contributed by atoms with Crippen LogP contribution in [0.5, 0.6) is 23.0 Å². The molecule has 107 heavy (non-hydrogen) atoms. The van der Waals surface area contributed by atoms with E-state index < -0.39 is 59.7 Å². The molecule has 4 atom stereocenters. The van der Waals surface area contributed by atoms with Crippen molar-refractivity contribution in [2.45, 2.75) is 90.4 Å². The zero-order valence-electron chi connectivity index (χ0n) is 60.2. The Labute approximate surface area is 617 Å². The first-order valence-electron chi connectivity index (χ1n) is 35.1. The van der Waals surface area contributed by atoms with Crippen LogP contribution in [-0.4, -0.2) is 188 Å². The second kappa shape index (κ2) is 36.0. The van der Waals surface area contributed by atoms with E-state index in [1.165, 1.54) is 51.4 Å². The summed E-state index contributed by atoms with van der Waals surface area (Å²) in [6.07, 6.45) is 4.39. The highest BCUT2D eigenvalue weighted by Crippen LogP contribution is 2.44. The van der Waals surface area contributed by atoms with Crippen molar-refractivity contribution in [1.82, 2.24) is 20.9 Å². The number of carbonyl (C=O) groups excluding carboxylic acids is 10. The van der Waals surface area contributed by atoms with Crippen LogP contribution < -0.4 is 54.9 Å². The smallest absolute Gasteiger partial charge is 0.414 e. The molecule has 29 nitrogen and oxygen atoms in total. The van der Waals surface area contributed by atoms with Crippen molar-refractivity contribution < 1.29 is 95.3 Å². The summed E-state index contributed by atoms with van der Waals surface area (Å²) in [6.45, 7) is 6.94. The SMILES string of the molecule is COC(=O)c1cc(COc2cc3c(cc2OC)C(=O)N2c4ccccc4C[C@H]2C=N3)cc(COc2cc3c(cc2OC)C(=O)N2c4ccccc4C[C@H]2CN3C(=O)OCc2ccc(NC(=O)C(C)NC(=O)C(NC(=O)CCOCCOCCOCCOCCNC(=O)CCN3C(=O)C=CC3=O)C(C)C)cc2)c1. The van der Waals surface area contributed by atoms with E-state index in [0.717, 1.165) is 21.7 Å². The first kappa shape index (κ1) is 76.6. The molecule has 2 unspecified atom stereocenters. The lowest BCUT2D eigenvalue weighted by atomic mass is 10.0. The van der Waals surface area contributed by atoms with Gasteiger partial charge in [-0.25, -0.2) is 9.59 Å². The number of hydrogen-bond donors (Lipinski definition) is 4. The Morgan fingerprint density at radius 3 is 1.79 bits per heavy atom. The summed E-state index contributed by atoms with van der Waals surface area (Å²) in [5.41, 5.74) is 6.87. The maximum atomic E-state index is 14.9. The van der Waals surface area contributed by atoms with Gasteiger partial charge in [0.05, 0.1) is 121 Å². The number of nitrogens with zero attached hydrogens (tertiary/aromatic N) is 5. The van der Waals surface area contributed by atoms with Crippen LogP contribution in [0.15, 0.2) is 132 Å². The summed E-state index contributed by atoms with van der Waals surface area (Å²) in [4.78, 5) is 142. The lowest BCUT2D eigenvalue weighted by Crippen LogP contribution is -2.53. The minimum Gasteiger partial charge on any atom is -0.493 e. The van der Waals surface area contributed by atoms with E-state index in [9.17, 15) is 47.9 Å². The Morgan fingerprint density at radius 1 is 0.561 bits per heavy atom. The van der Waals surface area contributed by atoms with E-state index in [1.54, 1.807) is 90.5 Å². The minimum atomic E-state index is -1.02. The predicted octanol–water partition coefficient (Wildman–Crippen LogP) is 7.14. The number of carbonyl (C=O) groups is 10. The molecular formula is C78H85N9O20. The van der Waals surface area contributed by atoms with Gasteiger partial charge in [-0.1, -0.05) is 62.4 Å². The fourth-order valence-electron chi connectivity index (χ4n) is 12.8. The van der Waals surface area contributed by atoms with Crippen LogP contribution in [0.25, 0.3) is 0 Å². The summed E-state index contributed by atoms with van der Waals surface area (Å²) in [7, 11) is 4.18. The van der Waals surface area contributed by atoms with Crippen molar-refractivity contribution in [3.05, 3.63) is 172 Å². The zero-order valence-corrected chi connectivity index (χ0v) is 60.2. The van der Waals surface area contributed by atoms with Crippen LogP contribution in [0.4, 0.5) is 33.2 Å². The number of ether oxygens (including phenoxy) is 10. The lowest BCUT2D eigenvalue weighted by Gasteiger charge is -2.26. The molecule has 6 aromatic rings. The Balaban J connectivity index is 0.646. The largest absolute Gasteiger partial charge is 0.493 e. The average molecular weight is 1470 g/mol. The van der Waals surface area contributed by atoms with Gasteiger partial charge in [-0.05, 0) is 102 Å². The highest BCUT2D eigenvalue weighted by atomic mass is 16.6. The minimum absolute atomic E-state index is 0.00243. The van der Waals surface area contributed by atoms with Gasteiger partial charge in [-0.3, -0.25) is 58.0 Å². The van der Waals surface area contributed by atoms with Crippen LogP contribution in [0.1, 0.15) is 92.5 Å². The topological polar surface area (TPSA) is 336 Å². The van der Waals surface area contributed by atoms with E-state index in [2.05, 4.69) is 21.3 Å². The van der Waals surface area contributed by atoms with E-state index >= 15 is 0 Å². The van der Waals surface area contributed by atoms with Crippen LogP contribution in [0.3, 0.4) is 0 Å². The number of nitrogens with one attached hydrogen (secondary N) is 4. The molecule has 562 valence electrons. The van der Waals surface area contributed by atoms with E-state index in [4.69, 9.17) is 52.4 Å². The molecule has 0 saturated heterocycles. The number of aliphatic imine (C=N–C) groups is 1. The van der Waals surface area contributed by atoms with Crippen molar-refractivity contribution >= 4 is 94.0 Å². The number of methoxy groups -OCH3 is 3. The van der Waals surface area contributed by atoms with Crippen LogP contribution >= 0.6 is 0 Å². The molecule has 0 spiro atoms. The molecule has 5 heterocycles. The summed E-state index contributed by atoms with van der Waals surface area (Å²) in [5, 5.41) is 10.9. The number of anilines is 4. The number of para-hydroxylation sites is 2. The van der Waals surface area contributed by atoms with Gasteiger partial charge in [0.15, 0.2) is 23.0 Å². The number of benzene rings is 6. The Morgan fingerprint density at radius 2 is 1.15 bits per heavy atom. The van der Waals surface area contributed by atoms with E-state index in [-0.39, 0.29) is 137 Å². The maximum absolute atomic E-state index is 14.9. The predicted molar refractivity (Wildman–Crippen MR) is 390 cm³/mol.